The fraction of sp³-hybridized carbons (Fsp3) is 0.0690. The Balaban J connectivity index is 1.44. The van der Waals surface area contributed by atoms with E-state index in [1.54, 1.807) is 42.5 Å². The Labute approximate surface area is 209 Å². The summed E-state index contributed by atoms with van der Waals surface area (Å²) in [5.74, 6) is -0.491. The molecule has 4 aromatic rings. The van der Waals surface area contributed by atoms with Crippen LogP contribution in [-0.2, 0) is 0 Å². The molecule has 1 amide bonds. The van der Waals surface area contributed by atoms with Crippen molar-refractivity contribution >= 4 is 46.8 Å². The van der Waals surface area contributed by atoms with E-state index in [0.29, 0.717) is 22.5 Å². The number of carbonyl (C=O) groups is 1. The normalized spacial score (nSPS) is 11.0. The predicted molar refractivity (Wildman–Crippen MR) is 146 cm³/mol. The summed E-state index contributed by atoms with van der Waals surface area (Å²) in [6.45, 7) is 5.42. The lowest BCUT2D eigenvalue weighted by Gasteiger charge is -2.19. The third-order valence-corrected chi connectivity index (χ3v) is 5.65. The van der Waals surface area contributed by atoms with Crippen molar-refractivity contribution in [2.24, 2.45) is 4.99 Å². The second-order valence-electron chi connectivity index (χ2n) is 8.00. The van der Waals surface area contributed by atoms with Gasteiger partial charge in [-0.15, -0.1) is 0 Å². The smallest absolute Gasteiger partial charge is 0.258 e. The van der Waals surface area contributed by atoms with E-state index in [9.17, 15) is 9.18 Å². The van der Waals surface area contributed by atoms with Crippen molar-refractivity contribution in [3.05, 3.63) is 114 Å². The molecule has 1 aromatic heterocycles. The number of benzene rings is 3. The van der Waals surface area contributed by atoms with Gasteiger partial charge in [-0.1, -0.05) is 6.08 Å². The molecule has 0 aliphatic heterocycles. The maximum absolute atomic E-state index is 13.8. The van der Waals surface area contributed by atoms with Gasteiger partial charge in [-0.25, -0.2) is 4.39 Å². The van der Waals surface area contributed by atoms with Crippen molar-refractivity contribution in [2.75, 3.05) is 22.6 Å². The van der Waals surface area contributed by atoms with Crippen molar-refractivity contribution in [1.82, 2.24) is 4.98 Å². The van der Waals surface area contributed by atoms with Gasteiger partial charge in [0.2, 0.25) is 0 Å². The molecule has 7 heteroatoms. The number of halogens is 1. The third-order valence-electron chi connectivity index (χ3n) is 5.65. The highest BCUT2D eigenvalue weighted by molar-refractivity contribution is 6.06. The van der Waals surface area contributed by atoms with Crippen LogP contribution in [0.15, 0.2) is 102 Å². The summed E-state index contributed by atoms with van der Waals surface area (Å²) in [5.41, 5.74) is 5.79. The van der Waals surface area contributed by atoms with E-state index < -0.39 is 0 Å². The van der Waals surface area contributed by atoms with Crippen LogP contribution in [0.3, 0.4) is 0 Å². The molecule has 0 unspecified atom stereocenters. The second-order valence-corrected chi connectivity index (χ2v) is 8.00. The SMILES string of the molecule is C=Nc1ccc(F)cc1/C(=C\C)Nc1ccc(C(=O)N(C)c2ccc(Nc3ccncc3)cc2)cc1. The number of pyridine rings is 1. The van der Waals surface area contributed by atoms with Gasteiger partial charge in [0.15, 0.2) is 0 Å². The third kappa shape index (κ3) is 5.64. The van der Waals surface area contributed by atoms with Crippen LogP contribution in [0.4, 0.5) is 32.8 Å². The molecule has 0 bridgehead atoms. The van der Waals surface area contributed by atoms with Crippen LogP contribution in [0.2, 0.25) is 0 Å². The molecular formula is C29H26FN5O. The van der Waals surface area contributed by atoms with E-state index in [2.05, 4.69) is 27.3 Å². The summed E-state index contributed by atoms with van der Waals surface area (Å²) >= 11 is 0. The minimum absolute atomic E-state index is 0.133. The van der Waals surface area contributed by atoms with Crippen molar-refractivity contribution < 1.29 is 9.18 Å². The molecule has 0 aliphatic carbocycles. The molecule has 0 saturated heterocycles. The summed E-state index contributed by atoms with van der Waals surface area (Å²) < 4.78 is 13.8. The molecule has 6 nitrogen and oxygen atoms in total. The molecule has 0 saturated carbocycles. The lowest BCUT2D eigenvalue weighted by atomic mass is 10.1. The Kier molecular flexibility index (Phi) is 7.51. The summed E-state index contributed by atoms with van der Waals surface area (Å²) in [6.07, 6.45) is 5.28. The standard InChI is InChI=1S/C29H26FN5O/c1-4-27(26-19-21(30)7-14-28(26)31-2)34-23-8-5-20(6-9-23)29(36)35(3)25-12-10-22(11-13-25)33-24-15-17-32-18-16-24/h4-19,34H,2H2,1,3H3,(H,32,33)/b27-4+. The largest absolute Gasteiger partial charge is 0.355 e. The summed E-state index contributed by atoms with van der Waals surface area (Å²) in [4.78, 5) is 22.7. The first-order valence-electron chi connectivity index (χ1n) is 11.3. The van der Waals surface area contributed by atoms with Gasteiger partial charge in [0.25, 0.3) is 5.91 Å². The highest BCUT2D eigenvalue weighted by atomic mass is 19.1. The second kappa shape index (κ2) is 11.1. The molecule has 3 aromatic carbocycles. The maximum atomic E-state index is 13.8. The van der Waals surface area contributed by atoms with Gasteiger partial charge in [0, 0.05) is 59.0 Å². The zero-order valence-corrected chi connectivity index (χ0v) is 20.1. The fourth-order valence-electron chi connectivity index (χ4n) is 3.69. The number of hydrogen-bond donors (Lipinski definition) is 2. The Hall–Kier alpha value is -4.78. The average molecular weight is 480 g/mol. The minimum atomic E-state index is -0.358. The van der Waals surface area contributed by atoms with Crippen LogP contribution in [-0.4, -0.2) is 24.7 Å². The van der Waals surface area contributed by atoms with Crippen molar-refractivity contribution in [2.45, 2.75) is 6.92 Å². The van der Waals surface area contributed by atoms with Gasteiger partial charge in [0.05, 0.1) is 5.69 Å². The number of hydrogen-bond acceptors (Lipinski definition) is 5. The van der Waals surface area contributed by atoms with Crippen molar-refractivity contribution in [3.8, 4) is 0 Å². The van der Waals surface area contributed by atoms with Gasteiger partial charge in [-0.2, -0.15) is 0 Å². The molecular weight excluding hydrogens is 453 g/mol. The number of nitrogens with zero attached hydrogens (tertiary/aromatic N) is 3. The Bertz CT molecular complexity index is 1380. The van der Waals surface area contributed by atoms with Crippen molar-refractivity contribution in [3.63, 3.8) is 0 Å². The lowest BCUT2D eigenvalue weighted by molar-refractivity contribution is 0.0993. The van der Waals surface area contributed by atoms with Crippen LogP contribution < -0.4 is 15.5 Å². The van der Waals surface area contributed by atoms with Crippen LogP contribution in [0.5, 0.6) is 0 Å². The van der Waals surface area contributed by atoms with E-state index in [4.69, 9.17) is 0 Å². The first-order valence-corrected chi connectivity index (χ1v) is 11.3. The number of allylic oxidation sites excluding steroid dienone is 1. The zero-order valence-electron chi connectivity index (χ0n) is 20.1. The van der Waals surface area contributed by atoms with Crippen LogP contribution in [0.1, 0.15) is 22.8 Å². The lowest BCUT2D eigenvalue weighted by Crippen LogP contribution is -2.26. The molecule has 180 valence electrons. The van der Waals surface area contributed by atoms with Gasteiger partial charge in [-0.05, 0) is 92.5 Å². The van der Waals surface area contributed by atoms with Gasteiger partial charge in [0.1, 0.15) is 5.82 Å². The number of aromatic nitrogens is 1. The molecule has 4 rings (SSSR count). The molecule has 2 N–H and O–H groups in total. The molecule has 1 heterocycles. The molecule has 36 heavy (non-hydrogen) atoms. The zero-order chi connectivity index (χ0) is 25.5. The summed E-state index contributed by atoms with van der Waals surface area (Å²) in [5, 5.41) is 6.57. The minimum Gasteiger partial charge on any atom is -0.355 e. The number of nitrogens with one attached hydrogen (secondary N) is 2. The Morgan fingerprint density at radius 3 is 2.22 bits per heavy atom. The predicted octanol–water partition coefficient (Wildman–Crippen LogP) is 7.05. The highest BCUT2D eigenvalue weighted by Crippen LogP contribution is 2.29. The Morgan fingerprint density at radius 1 is 0.944 bits per heavy atom. The first-order chi connectivity index (χ1) is 17.5. The number of aliphatic imine (C=N–C) groups is 1. The quantitative estimate of drug-likeness (QED) is 0.266. The number of anilines is 4. The highest BCUT2D eigenvalue weighted by Gasteiger charge is 2.14. The fourth-order valence-corrected chi connectivity index (χ4v) is 3.69. The number of carbonyl (C=O) groups excluding carboxylic acids is 1. The molecule has 0 radical (unpaired) electrons. The van der Waals surface area contributed by atoms with Crippen LogP contribution in [0.25, 0.3) is 5.70 Å². The van der Waals surface area contributed by atoms with Gasteiger partial charge in [-0.3, -0.25) is 14.8 Å². The van der Waals surface area contributed by atoms with Crippen LogP contribution in [0, 0.1) is 5.82 Å². The van der Waals surface area contributed by atoms with E-state index in [0.717, 1.165) is 22.7 Å². The summed E-state index contributed by atoms with van der Waals surface area (Å²) in [6, 6.07) is 22.9. The van der Waals surface area contributed by atoms with Crippen LogP contribution >= 0.6 is 0 Å². The molecule has 0 spiro atoms. The van der Waals surface area contributed by atoms with E-state index in [1.807, 2.05) is 61.5 Å². The molecule has 0 atom stereocenters. The van der Waals surface area contributed by atoms with Gasteiger partial charge >= 0.3 is 0 Å². The molecule has 0 fully saturated rings. The van der Waals surface area contributed by atoms with E-state index in [1.165, 1.54) is 12.1 Å². The van der Waals surface area contributed by atoms with Crippen molar-refractivity contribution in [1.29, 1.82) is 0 Å². The van der Waals surface area contributed by atoms with Gasteiger partial charge < -0.3 is 15.5 Å². The Morgan fingerprint density at radius 2 is 1.58 bits per heavy atom. The average Bonchev–Trinajstić information content (AvgIpc) is 2.92. The summed E-state index contributed by atoms with van der Waals surface area (Å²) in [7, 11) is 1.74. The maximum Gasteiger partial charge on any atom is 0.258 e. The monoisotopic (exact) mass is 479 g/mol. The molecule has 0 aliphatic rings. The topological polar surface area (TPSA) is 69.6 Å². The number of rotatable bonds is 8. The number of amides is 1. The first kappa shape index (κ1) is 24.3. The van der Waals surface area contributed by atoms with E-state index in [-0.39, 0.29) is 11.7 Å². The van der Waals surface area contributed by atoms with E-state index >= 15 is 0 Å².